The van der Waals surface area contributed by atoms with Gasteiger partial charge in [0.25, 0.3) is 0 Å². The average Bonchev–Trinajstić information content (AvgIpc) is 2.97. The van der Waals surface area contributed by atoms with Crippen molar-refractivity contribution in [1.29, 1.82) is 0 Å². The maximum atomic E-state index is 13.6. The van der Waals surface area contributed by atoms with E-state index in [1.165, 1.54) is 30.1 Å². The molecule has 0 bridgehead atoms. The van der Waals surface area contributed by atoms with Crippen molar-refractivity contribution in [3.63, 3.8) is 0 Å². The Bertz CT molecular complexity index is 818. The lowest BCUT2D eigenvalue weighted by atomic mass is 10.1. The Hall–Kier alpha value is -1.15. The molecule has 29 heavy (non-hydrogen) atoms. The zero-order chi connectivity index (χ0) is 20.9. The quantitative estimate of drug-likeness (QED) is 0.245. The number of nitrogens with zero attached hydrogens (tertiary/aromatic N) is 2. The van der Waals surface area contributed by atoms with Crippen molar-refractivity contribution in [2.24, 2.45) is 4.99 Å². The van der Waals surface area contributed by atoms with Gasteiger partial charge in [-0.25, -0.2) is 12.8 Å². The molecule has 1 heterocycles. The molecule has 2 N–H and O–H groups in total. The van der Waals surface area contributed by atoms with Crippen LogP contribution in [0.5, 0.6) is 0 Å². The lowest BCUT2D eigenvalue weighted by molar-refractivity contribution is -0.143. The van der Waals surface area contributed by atoms with Gasteiger partial charge in [-0.2, -0.15) is 13.2 Å². The van der Waals surface area contributed by atoms with E-state index in [-0.39, 0.29) is 48.9 Å². The lowest BCUT2D eigenvalue weighted by Crippen LogP contribution is -2.45. The van der Waals surface area contributed by atoms with Crippen LogP contribution in [0.15, 0.2) is 23.2 Å². The largest absolute Gasteiger partial charge is 0.401 e. The van der Waals surface area contributed by atoms with Crippen LogP contribution in [0.4, 0.5) is 17.6 Å². The highest BCUT2D eigenvalue weighted by Gasteiger charge is 2.34. The molecule has 0 aromatic heterocycles. The van der Waals surface area contributed by atoms with E-state index < -0.39 is 28.4 Å². The standard InChI is InChI=1S/C17H24F4N4O2S.HI/c1-22-16(24-15-5-6-25(9-15)11-17(19,20)21)23-8-13-7-14(18)4-3-12(13)10-28(2,26)27;/h3-4,7,15H,5-6,8-11H2,1-2H3,(H2,22,23,24);1H. The second kappa shape index (κ2) is 10.8. The summed E-state index contributed by atoms with van der Waals surface area (Å²) in [5.74, 6) is -0.352. The third kappa shape index (κ3) is 9.47. The molecule has 0 radical (unpaired) electrons. The van der Waals surface area contributed by atoms with E-state index in [0.717, 1.165) is 6.26 Å². The summed E-state index contributed by atoms with van der Waals surface area (Å²) in [6.45, 7) is -0.257. The Morgan fingerprint density at radius 3 is 2.59 bits per heavy atom. The number of halogens is 5. The topological polar surface area (TPSA) is 73.8 Å². The van der Waals surface area contributed by atoms with Crippen LogP contribution >= 0.6 is 24.0 Å². The molecule has 1 atom stereocenters. The summed E-state index contributed by atoms with van der Waals surface area (Å²) < 4.78 is 74.2. The van der Waals surface area contributed by atoms with E-state index >= 15 is 0 Å². The van der Waals surface area contributed by atoms with Gasteiger partial charge in [0.05, 0.1) is 12.3 Å². The fourth-order valence-corrected chi connectivity index (χ4v) is 3.94. The summed E-state index contributed by atoms with van der Waals surface area (Å²) >= 11 is 0. The first kappa shape index (κ1) is 25.9. The predicted molar refractivity (Wildman–Crippen MR) is 115 cm³/mol. The fraction of sp³-hybridized carbons (Fsp3) is 0.588. The third-order valence-electron chi connectivity index (χ3n) is 4.27. The minimum Gasteiger partial charge on any atom is -0.352 e. The number of hydrogen-bond acceptors (Lipinski definition) is 4. The maximum absolute atomic E-state index is 13.6. The molecular formula is C17H25F4IN4O2S. The van der Waals surface area contributed by atoms with Crippen molar-refractivity contribution < 1.29 is 26.0 Å². The summed E-state index contributed by atoms with van der Waals surface area (Å²) in [7, 11) is -1.78. The number of nitrogens with one attached hydrogen (secondary N) is 2. The second-order valence-electron chi connectivity index (χ2n) is 6.89. The molecule has 1 aromatic carbocycles. The monoisotopic (exact) mass is 552 g/mol. The van der Waals surface area contributed by atoms with Crippen molar-refractivity contribution >= 4 is 39.8 Å². The van der Waals surface area contributed by atoms with Gasteiger partial charge in [0.1, 0.15) is 5.82 Å². The van der Waals surface area contributed by atoms with E-state index in [9.17, 15) is 26.0 Å². The highest BCUT2D eigenvalue weighted by molar-refractivity contribution is 14.0. The van der Waals surface area contributed by atoms with Gasteiger partial charge >= 0.3 is 6.18 Å². The Morgan fingerprint density at radius 2 is 2.00 bits per heavy atom. The maximum Gasteiger partial charge on any atom is 0.401 e. The van der Waals surface area contributed by atoms with Crippen LogP contribution < -0.4 is 10.6 Å². The second-order valence-corrected chi connectivity index (χ2v) is 9.03. The first-order valence-corrected chi connectivity index (χ1v) is 10.7. The molecule has 1 aliphatic rings. The van der Waals surface area contributed by atoms with Crippen LogP contribution in [0.2, 0.25) is 0 Å². The molecular weight excluding hydrogens is 527 g/mol. The van der Waals surface area contributed by atoms with E-state index in [4.69, 9.17) is 0 Å². The van der Waals surface area contributed by atoms with E-state index in [1.807, 2.05) is 0 Å². The van der Waals surface area contributed by atoms with Crippen molar-refractivity contribution in [3.8, 4) is 0 Å². The van der Waals surface area contributed by atoms with Crippen molar-refractivity contribution in [2.45, 2.75) is 30.9 Å². The first-order chi connectivity index (χ1) is 12.9. The van der Waals surface area contributed by atoms with E-state index in [2.05, 4.69) is 15.6 Å². The molecule has 0 amide bonds. The molecule has 2 rings (SSSR count). The molecule has 6 nitrogen and oxygen atoms in total. The first-order valence-electron chi connectivity index (χ1n) is 8.66. The molecule has 0 spiro atoms. The van der Waals surface area contributed by atoms with Crippen LogP contribution in [0.3, 0.4) is 0 Å². The molecule has 166 valence electrons. The highest BCUT2D eigenvalue weighted by atomic mass is 127. The van der Waals surface area contributed by atoms with Gasteiger partial charge in [-0.05, 0) is 29.7 Å². The summed E-state index contributed by atoms with van der Waals surface area (Å²) in [4.78, 5) is 5.36. The Morgan fingerprint density at radius 1 is 1.31 bits per heavy atom. The van der Waals surface area contributed by atoms with Gasteiger partial charge in [-0.1, -0.05) is 6.07 Å². The number of guanidine groups is 1. The molecule has 0 aliphatic carbocycles. The van der Waals surface area contributed by atoms with Gasteiger partial charge in [0, 0.05) is 39.0 Å². The number of sulfone groups is 1. The Labute approximate surface area is 185 Å². The fourth-order valence-electron chi connectivity index (χ4n) is 3.10. The lowest BCUT2D eigenvalue weighted by Gasteiger charge is -2.20. The normalized spacial score (nSPS) is 18.4. The molecule has 1 aliphatic heterocycles. The highest BCUT2D eigenvalue weighted by Crippen LogP contribution is 2.20. The number of hydrogen-bond donors (Lipinski definition) is 2. The number of aliphatic imine (C=N–C) groups is 1. The summed E-state index contributed by atoms with van der Waals surface area (Å²) in [5.41, 5.74) is 0.947. The number of benzene rings is 1. The number of alkyl halides is 3. The van der Waals surface area contributed by atoms with Crippen molar-refractivity contribution in [3.05, 3.63) is 35.1 Å². The summed E-state index contributed by atoms with van der Waals surface area (Å²) in [6, 6.07) is 3.68. The number of likely N-dealkylation sites (tertiary alicyclic amines) is 1. The molecule has 0 saturated carbocycles. The molecule has 1 saturated heterocycles. The average molecular weight is 552 g/mol. The van der Waals surface area contributed by atoms with Crippen LogP contribution in [0.1, 0.15) is 17.5 Å². The molecule has 1 unspecified atom stereocenters. The van der Waals surface area contributed by atoms with Gasteiger partial charge < -0.3 is 10.6 Å². The van der Waals surface area contributed by atoms with Gasteiger partial charge in [0.2, 0.25) is 0 Å². The molecule has 1 fully saturated rings. The van der Waals surface area contributed by atoms with Crippen molar-refractivity contribution in [1.82, 2.24) is 15.5 Å². The zero-order valence-corrected chi connectivity index (χ0v) is 19.2. The number of rotatable bonds is 6. The van der Waals surface area contributed by atoms with Crippen LogP contribution in [0, 0.1) is 5.82 Å². The minimum absolute atomic E-state index is 0. The van der Waals surface area contributed by atoms with Crippen molar-refractivity contribution in [2.75, 3.05) is 32.9 Å². The van der Waals surface area contributed by atoms with Crippen LogP contribution in [-0.4, -0.2) is 64.4 Å². The van der Waals surface area contributed by atoms with E-state index in [1.54, 1.807) is 0 Å². The predicted octanol–water partition coefficient (Wildman–Crippen LogP) is 2.29. The SMILES string of the molecule is CN=C(NCc1cc(F)ccc1CS(C)(=O)=O)NC1CCN(CC(F)(F)F)C1.I. The zero-order valence-electron chi connectivity index (χ0n) is 16.1. The smallest absolute Gasteiger partial charge is 0.352 e. The molecule has 12 heteroatoms. The Balaban J connectivity index is 0.00000420. The summed E-state index contributed by atoms with van der Waals surface area (Å²) in [5, 5.41) is 6.02. The molecule has 1 aromatic rings. The minimum atomic E-state index is -4.23. The van der Waals surface area contributed by atoms with Gasteiger partial charge in [-0.3, -0.25) is 9.89 Å². The van der Waals surface area contributed by atoms with Gasteiger partial charge in [-0.15, -0.1) is 24.0 Å². The third-order valence-corrected chi connectivity index (χ3v) is 5.11. The Kier molecular flexibility index (Phi) is 9.60. The van der Waals surface area contributed by atoms with Gasteiger partial charge in [0.15, 0.2) is 15.8 Å². The van der Waals surface area contributed by atoms with Crippen LogP contribution in [0.25, 0.3) is 0 Å². The van der Waals surface area contributed by atoms with Crippen LogP contribution in [-0.2, 0) is 22.1 Å². The summed E-state index contributed by atoms with van der Waals surface area (Å²) in [6.07, 6.45) is -2.60. The van der Waals surface area contributed by atoms with E-state index in [0.29, 0.717) is 30.1 Å².